The normalized spacial score (nSPS) is 16.8. The number of carbonyl (C=O) groups is 3. The quantitative estimate of drug-likeness (QED) is 0.0108. The van der Waals surface area contributed by atoms with Crippen LogP contribution in [0.1, 0.15) is 271 Å². The summed E-state index contributed by atoms with van der Waals surface area (Å²) in [7, 11) is 1.64. The molecule has 1 saturated heterocycles. The third kappa shape index (κ3) is 68.2. The third-order valence-electron chi connectivity index (χ3n) is 18.8. The van der Waals surface area contributed by atoms with Gasteiger partial charge in [0.25, 0.3) is 0 Å². The highest BCUT2D eigenvalue weighted by Crippen LogP contribution is 2.25. The fraction of sp³-hybridized carbons (Fsp3) is 0.951. The maximum atomic E-state index is 13.6. The van der Waals surface area contributed by atoms with Crippen molar-refractivity contribution in [1.29, 1.82) is 0 Å². The van der Waals surface area contributed by atoms with E-state index in [4.69, 9.17) is 85.4 Å². The average molecular weight is 1590 g/mol. The van der Waals surface area contributed by atoms with Crippen molar-refractivity contribution < 1.29 is 125 Å². The number of aliphatic hydroxyl groups excluding tert-OH is 5. The first kappa shape index (κ1) is 105. The van der Waals surface area contributed by atoms with Gasteiger partial charge in [0.05, 0.1) is 183 Å². The van der Waals surface area contributed by atoms with Crippen LogP contribution in [0.2, 0.25) is 0 Å². The van der Waals surface area contributed by atoms with Crippen LogP contribution in [0.25, 0.3) is 0 Å². The highest BCUT2D eigenvalue weighted by Gasteiger charge is 2.45. The van der Waals surface area contributed by atoms with Crippen molar-refractivity contribution >= 4 is 23.7 Å². The van der Waals surface area contributed by atoms with E-state index in [2.05, 4.69) is 24.3 Å². The van der Waals surface area contributed by atoms with E-state index in [1.54, 1.807) is 14.0 Å². The van der Waals surface area contributed by atoms with Crippen molar-refractivity contribution in [3.63, 3.8) is 0 Å². The molecule has 0 aromatic carbocycles. The number of carbonyl (C=O) groups excluding carboxylic acids is 3. The van der Waals surface area contributed by atoms with Crippen LogP contribution in [-0.2, 0) is 95.0 Å². The van der Waals surface area contributed by atoms with Gasteiger partial charge in [-0.1, -0.05) is 231 Å². The molecule has 8 atom stereocenters. The van der Waals surface area contributed by atoms with Crippen LogP contribution in [-0.4, -0.2) is 284 Å². The predicted octanol–water partition coefficient (Wildman–Crippen LogP) is 12.1. The number of hydrogen-bond acceptors (Lipinski definition) is 27. The summed E-state index contributed by atoms with van der Waals surface area (Å²) in [4.78, 5) is 45.0. The number of nitrogens with one attached hydrogen (secondary N) is 1. The molecule has 1 fully saturated rings. The molecule has 28 nitrogen and oxygen atoms in total. The number of methoxy groups -OCH3 is 1. The van der Waals surface area contributed by atoms with Crippen LogP contribution in [0.4, 0.5) is 4.79 Å². The summed E-state index contributed by atoms with van der Waals surface area (Å²) < 4.78 is 93.2. The Morgan fingerprint density at radius 2 is 0.736 bits per heavy atom. The molecule has 6 N–H and O–H groups in total. The summed E-state index contributed by atoms with van der Waals surface area (Å²) in [5.41, 5.74) is 0.506. The smallest absolute Gasteiger partial charge is 0.410 e. The molecule has 110 heavy (non-hydrogen) atoms. The van der Waals surface area contributed by atoms with Gasteiger partial charge in [-0.05, 0) is 32.6 Å². The lowest BCUT2D eigenvalue weighted by Crippen LogP contribution is -2.60. The molecule has 1 rings (SSSR count). The van der Waals surface area contributed by atoms with E-state index in [0.29, 0.717) is 164 Å². The van der Waals surface area contributed by atoms with E-state index in [9.17, 15) is 39.9 Å². The minimum Gasteiger partial charge on any atom is -0.460 e. The molecule has 1 aliphatic heterocycles. The zero-order valence-electron chi connectivity index (χ0n) is 69.0. The van der Waals surface area contributed by atoms with Crippen molar-refractivity contribution in [2.75, 3.05) is 186 Å². The summed E-state index contributed by atoms with van der Waals surface area (Å²) in [6, 6.07) is -1.37. The van der Waals surface area contributed by atoms with E-state index in [1.807, 2.05) is 0 Å². The highest BCUT2D eigenvalue weighted by atomic mass is 16.7. The van der Waals surface area contributed by atoms with Crippen LogP contribution in [0.15, 0.2) is 5.16 Å². The largest absolute Gasteiger partial charge is 0.460 e. The lowest BCUT2D eigenvalue weighted by molar-refractivity contribution is -0.303. The van der Waals surface area contributed by atoms with Gasteiger partial charge in [-0.15, -0.1) is 0 Å². The van der Waals surface area contributed by atoms with Gasteiger partial charge < -0.3 is 116 Å². The first-order valence-corrected chi connectivity index (χ1v) is 42.9. The molecule has 0 saturated carbocycles. The molecule has 1 heterocycles. The SMILES string of the molecule is CCCCCCCCCCCCCCCCCCCCCCCCCC(=O)O[C@H](CCCCCCCCCCCCCC)[C@@H](O)[C@H](CO[C@H]1O[C@H](CO)[C@H](O)[C@H](O)[C@H]1O)NC(=O)OCOC(=O)CC/C(C)=N/OCCOCCOCCOCCOCCOCCOCCOCCOCCOCCOCCOCCOC. The standard InChI is InChI=1S/C82H158N2O26/c1-5-7-9-11-13-15-17-19-20-21-22-23-24-25-26-27-28-29-31-33-35-37-39-41-76(87)109-73(40-38-36-34-32-30-18-16-14-12-10-8-6-2)77(88)72(69-105-81-80(91)79(90)78(89)74(68-85)110-81)83-82(92)107-70-106-75(86)43-42-71(3)84-108-67-66-104-65-64-103-63-62-102-61-60-101-59-58-100-57-56-99-55-54-98-53-52-97-51-50-96-49-48-95-47-46-94-45-44-93-4/h72-74,77-81,85,88-91H,5-70H2,1-4H3,(H,83,92)/b84-71+/t72-,73+,74+,77-,78-,79-,80+,81-/m0/s1. The molecule has 1 amide bonds. The van der Waals surface area contributed by atoms with Gasteiger partial charge in [-0.2, -0.15) is 0 Å². The minimum absolute atomic E-state index is 0.110. The maximum Gasteiger partial charge on any atom is 0.410 e. The molecule has 0 bridgehead atoms. The van der Waals surface area contributed by atoms with Crippen molar-refractivity contribution in [3.8, 4) is 0 Å². The first-order chi connectivity index (χ1) is 54.0. The number of esters is 2. The second-order valence-electron chi connectivity index (χ2n) is 28.5. The first-order valence-electron chi connectivity index (χ1n) is 42.9. The van der Waals surface area contributed by atoms with Crippen LogP contribution < -0.4 is 5.32 Å². The summed E-state index contributed by atoms with van der Waals surface area (Å²) in [5.74, 6) is -1.18. The lowest BCUT2D eigenvalue weighted by atomic mass is 9.98. The Morgan fingerprint density at radius 1 is 0.400 bits per heavy atom. The van der Waals surface area contributed by atoms with Crippen LogP contribution >= 0.6 is 0 Å². The zero-order chi connectivity index (χ0) is 79.7. The van der Waals surface area contributed by atoms with Gasteiger partial charge in [0.15, 0.2) is 6.29 Å². The number of amides is 1. The number of nitrogens with zero attached hydrogens (tertiary/aromatic N) is 1. The molecule has 0 aromatic heterocycles. The summed E-state index contributed by atoms with van der Waals surface area (Å²) in [6.45, 7) is 14.8. The Bertz CT molecular complexity index is 1990. The topological polar surface area (TPSA) is 343 Å². The number of alkyl carbamates (subject to hydrolysis) is 1. The van der Waals surface area contributed by atoms with Gasteiger partial charge in [0, 0.05) is 13.5 Å². The second-order valence-corrected chi connectivity index (χ2v) is 28.5. The van der Waals surface area contributed by atoms with Crippen molar-refractivity contribution in [2.45, 2.75) is 320 Å². The number of aliphatic hydroxyl groups is 5. The molecule has 28 heteroatoms. The van der Waals surface area contributed by atoms with Gasteiger partial charge in [0.2, 0.25) is 6.79 Å². The van der Waals surface area contributed by atoms with Crippen LogP contribution in [0, 0.1) is 0 Å². The molecule has 0 unspecified atom stereocenters. The van der Waals surface area contributed by atoms with Crippen molar-refractivity contribution in [1.82, 2.24) is 5.32 Å². The maximum absolute atomic E-state index is 13.6. The average Bonchev–Trinajstić information content (AvgIpc) is 0.784. The van der Waals surface area contributed by atoms with Gasteiger partial charge in [0.1, 0.15) is 43.2 Å². The van der Waals surface area contributed by atoms with E-state index in [1.165, 1.54) is 167 Å². The Kier molecular flexibility index (Phi) is 78.6. The summed E-state index contributed by atoms with van der Waals surface area (Å²) in [5, 5.41) is 60.2. The number of ether oxygens (including phenoxy) is 17. The molecule has 0 spiro atoms. The molecule has 1 aliphatic rings. The van der Waals surface area contributed by atoms with E-state index >= 15 is 0 Å². The Labute approximate surface area is 662 Å². The summed E-state index contributed by atoms with van der Waals surface area (Å²) >= 11 is 0. The second kappa shape index (κ2) is 82.4. The Hall–Kier alpha value is -3.08. The number of rotatable bonds is 87. The molecule has 0 aliphatic carbocycles. The highest BCUT2D eigenvalue weighted by molar-refractivity contribution is 5.85. The number of oxime groups is 1. The number of unbranched alkanes of at least 4 members (excludes halogenated alkanes) is 33. The molecular formula is C82H158N2O26. The van der Waals surface area contributed by atoms with Crippen LogP contribution in [0.3, 0.4) is 0 Å². The van der Waals surface area contributed by atoms with Gasteiger partial charge in [-0.25, -0.2) is 4.79 Å². The molecule has 0 aromatic rings. The van der Waals surface area contributed by atoms with Gasteiger partial charge in [-0.3, -0.25) is 9.59 Å². The lowest BCUT2D eigenvalue weighted by Gasteiger charge is -2.40. The van der Waals surface area contributed by atoms with E-state index in [-0.39, 0.29) is 38.9 Å². The zero-order valence-corrected chi connectivity index (χ0v) is 69.0. The van der Waals surface area contributed by atoms with Crippen molar-refractivity contribution in [2.24, 2.45) is 5.16 Å². The summed E-state index contributed by atoms with van der Waals surface area (Å²) in [6.07, 6.45) is 31.1. The number of hydrogen-bond donors (Lipinski definition) is 6. The minimum atomic E-state index is -1.77. The fourth-order valence-corrected chi connectivity index (χ4v) is 12.1. The van der Waals surface area contributed by atoms with E-state index < -0.39 is 87.0 Å². The van der Waals surface area contributed by atoms with Gasteiger partial charge >= 0.3 is 18.0 Å². The molecular weight excluding hydrogens is 1430 g/mol. The third-order valence-corrected chi connectivity index (χ3v) is 18.8. The van der Waals surface area contributed by atoms with Crippen LogP contribution in [0.5, 0.6) is 0 Å². The van der Waals surface area contributed by atoms with Crippen molar-refractivity contribution in [3.05, 3.63) is 0 Å². The van der Waals surface area contributed by atoms with E-state index in [0.717, 1.165) is 44.9 Å². The molecule has 652 valence electrons. The molecule has 0 radical (unpaired) electrons. The Balaban J connectivity index is 2.43. The fourth-order valence-electron chi connectivity index (χ4n) is 12.1. The predicted molar refractivity (Wildman–Crippen MR) is 421 cm³/mol. The monoisotopic (exact) mass is 1590 g/mol. The Morgan fingerprint density at radius 3 is 1.09 bits per heavy atom.